The molecule has 0 radical (unpaired) electrons. The highest BCUT2D eigenvalue weighted by molar-refractivity contribution is 5.41. The fourth-order valence-electron chi connectivity index (χ4n) is 3.88. The molecule has 2 aromatic rings. The van der Waals surface area contributed by atoms with Crippen LogP contribution in [0.15, 0.2) is 12.3 Å². The van der Waals surface area contributed by atoms with Crippen LogP contribution >= 0.6 is 0 Å². The van der Waals surface area contributed by atoms with E-state index in [1.165, 1.54) is 29.8 Å². The van der Waals surface area contributed by atoms with Gasteiger partial charge in [0.25, 0.3) is 0 Å². The third kappa shape index (κ3) is 3.33. The molecule has 25 heavy (non-hydrogen) atoms. The smallest absolute Gasteiger partial charge is 0.227 e. The van der Waals surface area contributed by atoms with Gasteiger partial charge in [-0.05, 0) is 37.8 Å². The zero-order valence-electron chi connectivity index (χ0n) is 15.2. The summed E-state index contributed by atoms with van der Waals surface area (Å²) in [5.41, 5.74) is 4.24. The molecule has 1 N–H and O–H groups in total. The lowest BCUT2D eigenvalue weighted by atomic mass is 10.2. The summed E-state index contributed by atoms with van der Waals surface area (Å²) >= 11 is 0. The molecule has 3 heterocycles. The van der Waals surface area contributed by atoms with Crippen molar-refractivity contribution in [1.82, 2.24) is 24.6 Å². The normalized spacial score (nSPS) is 17.8. The summed E-state index contributed by atoms with van der Waals surface area (Å²) in [5, 5.41) is 7.96. The van der Waals surface area contributed by atoms with Crippen LogP contribution in [0.2, 0.25) is 0 Å². The SMILES string of the molecule is CCNc1ccnc(N2CCN(Cc3c4c(nn3C)CCC4)CC2)n1. The van der Waals surface area contributed by atoms with E-state index in [2.05, 4.69) is 43.7 Å². The predicted molar refractivity (Wildman–Crippen MR) is 98.9 cm³/mol. The molecule has 0 unspecified atom stereocenters. The Hall–Kier alpha value is -2.15. The first-order valence-electron chi connectivity index (χ1n) is 9.32. The van der Waals surface area contributed by atoms with Gasteiger partial charge in [0, 0.05) is 52.5 Å². The van der Waals surface area contributed by atoms with Gasteiger partial charge in [-0.2, -0.15) is 10.1 Å². The minimum atomic E-state index is 0.833. The lowest BCUT2D eigenvalue weighted by Crippen LogP contribution is -2.46. The number of rotatable bonds is 5. The van der Waals surface area contributed by atoms with Crippen LogP contribution in [-0.2, 0) is 26.4 Å². The minimum absolute atomic E-state index is 0.833. The van der Waals surface area contributed by atoms with E-state index in [1.54, 1.807) is 0 Å². The standard InChI is InChI=1S/C18H27N7/c1-3-19-17-7-8-20-18(21-17)25-11-9-24(10-12-25)13-16-14-5-4-6-15(14)22-23(16)2/h7-8H,3-6,9-13H2,1-2H3,(H,19,20,21). The van der Waals surface area contributed by atoms with Crippen molar-refractivity contribution in [3.63, 3.8) is 0 Å². The number of aromatic nitrogens is 4. The molecule has 7 heteroatoms. The molecule has 2 aliphatic rings. The number of hydrogen-bond acceptors (Lipinski definition) is 6. The number of fused-ring (bicyclic) bond motifs is 1. The predicted octanol–water partition coefficient (Wildman–Crippen LogP) is 1.45. The van der Waals surface area contributed by atoms with Gasteiger partial charge < -0.3 is 10.2 Å². The molecular formula is C18H27N7. The van der Waals surface area contributed by atoms with Crippen LogP contribution in [0, 0.1) is 0 Å². The summed E-state index contributed by atoms with van der Waals surface area (Å²) in [4.78, 5) is 13.9. The van der Waals surface area contributed by atoms with E-state index in [9.17, 15) is 0 Å². The molecule has 1 aliphatic heterocycles. The Kier molecular flexibility index (Phi) is 4.57. The Morgan fingerprint density at radius 3 is 2.80 bits per heavy atom. The highest BCUT2D eigenvalue weighted by atomic mass is 15.3. The molecular weight excluding hydrogens is 314 g/mol. The maximum Gasteiger partial charge on any atom is 0.227 e. The van der Waals surface area contributed by atoms with Crippen LogP contribution in [0.1, 0.15) is 30.3 Å². The van der Waals surface area contributed by atoms with Crippen LogP contribution in [0.25, 0.3) is 0 Å². The maximum absolute atomic E-state index is 4.70. The molecule has 134 valence electrons. The molecule has 0 amide bonds. The van der Waals surface area contributed by atoms with Gasteiger partial charge in [-0.25, -0.2) is 4.98 Å². The number of nitrogens with zero attached hydrogens (tertiary/aromatic N) is 6. The summed E-state index contributed by atoms with van der Waals surface area (Å²) in [6, 6.07) is 1.92. The number of anilines is 2. The molecule has 0 spiro atoms. The van der Waals surface area contributed by atoms with E-state index in [1.807, 2.05) is 12.3 Å². The summed E-state index contributed by atoms with van der Waals surface area (Å²) < 4.78 is 2.10. The van der Waals surface area contributed by atoms with Gasteiger partial charge in [-0.15, -0.1) is 0 Å². The summed E-state index contributed by atoms with van der Waals surface area (Å²) in [6.45, 7) is 7.97. The van der Waals surface area contributed by atoms with Gasteiger partial charge in [0.2, 0.25) is 5.95 Å². The van der Waals surface area contributed by atoms with Crippen molar-refractivity contribution in [1.29, 1.82) is 0 Å². The maximum atomic E-state index is 4.70. The van der Waals surface area contributed by atoms with E-state index in [4.69, 9.17) is 5.10 Å². The van der Waals surface area contributed by atoms with E-state index >= 15 is 0 Å². The van der Waals surface area contributed by atoms with Crippen LogP contribution in [0.3, 0.4) is 0 Å². The third-order valence-corrected chi connectivity index (χ3v) is 5.23. The van der Waals surface area contributed by atoms with Crippen LogP contribution in [0.4, 0.5) is 11.8 Å². The number of nitrogens with one attached hydrogen (secondary N) is 1. The quantitative estimate of drug-likeness (QED) is 0.888. The molecule has 7 nitrogen and oxygen atoms in total. The van der Waals surface area contributed by atoms with Gasteiger partial charge in [0.15, 0.2) is 0 Å². The van der Waals surface area contributed by atoms with Gasteiger partial charge >= 0.3 is 0 Å². The van der Waals surface area contributed by atoms with Gasteiger partial charge in [-0.3, -0.25) is 9.58 Å². The van der Waals surface area contributed by atoms with Crippen molar-refractivity contribution in [2.45, 2.75) is 32.7 Å². The molecule has 2 aromatic heterocycles. The molecule has 4 rings (SSSR count). The molecule has 0 bridgehead atoms. The first kappa shape index (κ1) is 16.3. The van der Waals surface area contributed by atoms with Gasteiger partial charge in [-0.1, -0.05) is 0 Å². The topological polar surface area (TPSA) is 62.1 Å². The summed E-state index contributed by atoms with van der Waals surface area (Å²) in [7, 11) is 2.09. The monoisotopic (exact) mass is 341 g/mol. The fraction of sp³-hybridized carbons (Fsp3) is 0.611. The molecule has 1 saturated heterocycles. The third-order valence-electron chi connectivity index (χ3n) is 5.23. The zero-order valence-corrected chi connectivity index (χ0v) is 15.2. The van der Waals surface area contributed by atoms with Crippen molar-refractivity contribution in [3.8, 4) is 0 Å². The highest BCUT2D eigenvalue weighted by Gasteiger charge is 2.24. The van der Waals surface area contributed by atoms with Gasteiger partial charge in [0.1, 0.15) is 5.82 Å². The summed E-state index contributed by atoms with van der Waals surface area (Å²) in [6.07, 6.45) is 5.45. The molecule has 0 atom stereocenters. The Morgan fingerprint density at radius 2 is 2.00 bits per heavy atom. The molecule has 1 aliphatic carbocycles. The van der Waals surface area contributed by atoms with Crippen LogP contribution < -0.4 is 10.2 Å². The van der Waals surface area contributed by atoms with Crippen molar-refractivity contribution in [2.24, 2.45) is 7.05 Å². The van der Waals surface area contributed by atoms with E-state index in [0.29, 0.717) is 0 Å². The number of piperazine rings is 1. The van der Waals surface area contributed by atoms with E-state index < -0.39 is 0 Å². The number of hydrogen-bond donors (Lipinski definition) is 1. The average Bonchev–Trinajstić information content (AvgIpc) is 3.19. The second kappa shape index (κ2) is 7.00. The number of aryl methyl sites for hydroxylation is 2. The molecule has 1 fully saturated rings. The summed E-state index contributed by atoms with van der Waals surface area (Å²) in [5.74, 6) is 1.74. The second-order valence-corrected chi connectivity index (χ2v) is 6.88. The van der Waals surface area contributed by atoms with Crippen molar-refractivity contribution < 1.29 is 0 Å². The molecule has 0 saturated carbocycles. The Balaban J connectivity index is 1.38. The Labute approximate surface area is 149 Å². The zero-order chi connectivity index (χ0) is 17.2. The Morgan fingerprint density at radius 1 is 1.16 bits per heavy atom. The molecule has 0 aromatic carbocycles. The highest BCUT2D eigenvalue weighted by Crippen LogP contribution is 2.25. The van der Waals surface area contributed by atoms with Crippen molar-refractivity contribution in [3.05, 3.63) is 29.2 Å². The minimum Gasteiger partial charge on any atom is -0.370 e. The second-order valence-electron chi connectivity index (χ2n) is 6.88. The van der Waals surface area contributed by atoms with Crippen molar-refractivity contribution in [2.75, 3.05) is 42.9 Å². The van der Waals surface area contributed by atoms with E-state index in [0.717, 1.165) is 57.5 Å². The van der Waals surface area contributed by atoms with Crippen LogP contribution in [0.5, 0.6) is 0 Å². The fourth-order valence-corrected chi connectivity index (χ4v) is 3.88. The first-order chi connectivity index (χ1) is 12.2. The first-order valence-corrected chi connectivity index (χ1v) is 9.32. The van der Waals surface area contributed by atoms with Crippen LogP contribution in [-0.4, -0.2) is 57.4 Å². The largest absolute Gasteiger partial charge is 0.370 e. The van der Waals surface area contributed by atoms with Gasteiger partial charge in [0.05, 0.1) is 11.4 Å². The average molecular weight is 341 g/mol. The van der Waals surface area contributed by atoms with E-state index in [-0.39, 0.29) is 0 Å². The van der Waals surface area contributed by atoms with Crippen molar-refractivity contribution >= 4 is 11.8 Å². The lowest BCUT2D eigenvalue weighted by molar-refractivity contribution is 0.242. The lowest BCUT2D eigenvalue weighted by Gasteiger charge is -2.34. The Bertz CT molecular complexity index is 731.